The molecule has 36 heavy (non-hydrogen) atoms. The lowest BCUT2D eigenvalue weighted by atomic mass is 9.98. The zero-order valence-electron chi connectivity index (χ0n) is 25.0. The Morgan fingerprint density at radius 2 is 1.25 bits per heavy atom. The molecule has 1 fully saturated rings. The van der Waals surface area contributed by atoms with Gasteiger partial charge in [0.25, 0.3) is 0 Å². The van der Waals surface area contributed by atoms with E-state index in [0.29, 0.717) is 0 Å². The lowest BCUT2D eigenvalue weighted by Crippen LogP contribution is -2.31. The number of unbranched alkanes of at least 4 members (excludes halogenated alkanes) is 9. The first-order chi connectivity index (χ1) is 17.5. The number of allylic oxidation sites excluding steroid dienone is 4. The van der Waals surface area contributed by atoms with Gasteiger partial charge in [0.15, 0.2) is 0 Å². The van der Waals surface area contributed by atoms with Crippen LogP contribution in [-0.2, 0) is 9.47 Å². The highest BCUT2D eigenvalue weighted by atomic mass is 16.5. The number of nitrogens with zero attached hydrogens (tertiary/aromatic N) is 1. The van der Waals surface area contributed by atoms with Crippen LogP contribution in [0, 0.1) is 11.8 Å². The fourth-order valence-electron chi connectivity index (χ4n) is 5.01. The van der Waals surface area contributed by atoms with E-state index in [4.69, 9.17) is 9.47 Å². The molecule has 0 amide bonds. The van der Waals surface area contributed by atoms with Gasteiger partial charge >= 0.3 is 0 Å². The quantitative estimate of drug-likeness (QED) is 0.0963. The molecule has 3 nitrogen and oxygen atoms in total. The third kappa shape index (κ3) is 19.5. The first kappa shape index (κ1) is 33.4. The Kier molecular flexibility index (Phi) is 21.8. The predicted molar refractivity (Wildman–Crippen MR) is 159 cm³/mol. The minimum Gasteiger partial charge on any atom is -0.374 e. The van der Waals surface area contributed by atoms with Gasteiger partial charge in [-0.05, 0) is 63.8 Å². The van der Waals surface area contributed by atoms with Gasteiger partial charge in [0.2, 0.25) is 0 Å². The topological polar surface area (TPSA) is 21.7 Å². The van der Waals surface area contributed by atoms with Gasteiger partial charge in [0.05, 0.1) is 12.2 Å². The molecule has 0 aliphatic carbocycles. The molecule has 3 heteroatoms. The Hall–Kier alpha value is -0.640. The monoisotopic (exact) mass is 505 g/mol. The van der Waals surface area contributed by atoms with E-state index >= 15 is 0 Å². The molecule has 3 unspecified atom stereocenters. The van der Waals surface area contributed by atoms with E-state index in [9.17, 15) is 0 Å². The molecule has 0 aromatic heterocycles. The van der Waals surface area contributed by atoms with Gasteiger partial charge in [-0.3, -0.25) is 0 Å². The minimum absolute atomic E-state index is 0.252. The maximum absolute atomic E-state index is 6.29. The molecule has 0 N–H and O–H groups in total. The lowest BCUT2D eigenvalue weighted by molar-refractivity contribution is -0.0500. The Morgan fingerprint density at radius 3 is 1.89 bits per heavy atom. The van der Waals surface area contributed by atoms with Crippen molar-refractivity contribution >= 4 is 0 Å². The first-order valence-electron chi connectivity index (χ1n) is 15.7. The van der Waals surface area contributed by atoms with E-state index in [1.165, 1.54) is 96.3 Å². The summed E-state index contributed by atoms with van der Waals surface area (Å²) >= 11 is 0. The Morgan fingerprint density at radius 1 is 0.667 bits per heavy atom. The van der Waals surface area contributed by atoms with Crippen molar-refractivity contribution in [2.45, 2.75) is 143 Å². The van der Waals surface area contributed by atoms with E-state index in [0.717, 1.165) is 44.6 Å². The summed E-state index contributed by atoms with van der Waals surface area (Å²) in [6.07, 6.45) is 30.6. The minimum atomic E-state index is 0.252. The van der Waals surface area contributed by atoms with Crippen LogP contribution < -0.4 is 0 Å². The maximum Gasteiger partial charge on any atom is 0.0975 e. The van der Waals surface area contributed by atoms with Crippen LogP contribution in [0.3, 0.4) is 0 Å². The summed E-state index contributed by atoms with van der Waals surface area (Å²) in [5, 5.41) is 0. The summed E-state index contributed by atoms with van der Waals surface area (Å²) < 4.78 is 12.6. The van der Waals surface area contributed by atoms with Crippen molar-refractivity contribution in [3.63, 3.8) is 0 Å². The van der Waals surface area contributed by atoms with Crippen molar-refractivity contribution in [2.24, 2.45) is 11.8 Å². The van der Waals surface area contributed by atoms with E-state index in [1.54, 1.807) is 0 Å². The fourth-order valence-corrected chi connectivity index (χ4v) is 5.01. The number of ether oxygens (including phenoxy) is 2. The van der Waals surface area contributed by atoms with Crippen LogP contribution in [0.15, 0.2) is 24.3 Å². The SMILES string of the molecule is CCCCC/C=C\C/C=C\CCCCCCCCOC1CN(C)CC1OCCC(C)CCCC(C)C. The Labute approximate surface area is 226 Å². The zero-order chi connectivity index (χ0) is 26.3. The summed E-state index contributed by atoms with van der Waals surface area (Å²) in [5.41, 5.74) is 0. The number of likely N-dealkylation sites (tertiary alicyclic amines) is 1. The molecular formula is C33H63NO2. The largest absolute Gasteiger partial charge is 0.374 e. The van der Waals surface area contributed by atoms with Gasteiger partial charge in [-0.1, -0.05) is 110 Å². The van der Waals surface area contributed by atoms with Crippen LogP contribution in [0.1, 0.15) is 130 Å². The van der Waals surface area contributed by atoms with Gasteiger partial charge in [-0.2, -0.15) is 0 Å². The highest BCUT2D eigenvalue weighted by molar-refractivity contribution is 4.92. The van der Waals surface area contributed by atoms with Crippen LogP contribution in [-0.4, -0.2) is 50.5 Å². The van der Waals surface area contributed by atoms with Crippen molar-refractivity contribution in [2.75, 3.05) is 33.4 Å². The van der Waals surface area contributed by atoms with E-state index in [2.05, 4.69) is 63.9 Å². The van der Waals surface area contributed by atoms with Gasteiger partial charge in [0, 0.05) is 26.3 Å². The highest BCUT2D eigenvalue weighted by Crippen LogP contribution is 2.19. The summed E-state index contributed by atoms with van der Waals surface area (Å²) in [4.78, 5) is 2.36. The van der Waals surface area contributed by atoms with Gasteiger partial charge in [-0.25, -0.2) is 0 Å². The van der Waals surface area contributed by atoms with Gasteiger partial charge in [-0.15, -0.1) is 0 Å². The van der Waals surface area contributed by atoms with E-state index < -0.39 is 0 Å². The second-order valence-electron chi connectivity index (χ2n) is 11.8. The molecule has 1 aliphatic rings. The maximum atomic E-state index is 6.29. The van der Waals surface area contributed by atoms with Gasteiger partial charge < -0.3 is 14.4 Å². The molecule has 1 rings (SSSR count). The average Bonchev–Trinajstić information content (AvgIpc) is 3.19. The second-order valence-corrected chi connectivity index (χ2v) is 11.8. The van der Waals surface area contributed by atoms with Crippen LogP contribution in [0.5, 0.6) is 0 Å². The van der Waals surface area contributed by atoms with E-state index in [-0.39, 0.29) is 12.2 Å². The normalized spacial score (nSPS) is 19.9. The molecule has 1 aliphatic heterocycles. The van der Waals surface area contributed by atoms with Crippen molar-refractivity contribution in [3.05, 3.63) is 24.3 Å². The van der Waals surface area contributed by atoms with E-state index in [1.807, 2.05) is 0 Å². The Bertz CT molecular complexity index is 530. The summed E-state index contributed by atoms with van der Waals surface area (Å²) in [5.74, 6) is 1.59. The molecule has 3 atom stereocenters. The molecule has 0 aromatic carbocycles. The third-order valence-electron chi connectivity index (χ3n) is 7.50. The molecule has 1 heterocycles. The molecule has 0 radical (unpaired) electrons. The first-order valence-corrected chi connectivity index (χ1v) is 15.7. The molecule has 1 saturated heterocycles. The van der Waals surface area contributed by atoms with Crippen molar-refractivity contribution in [1.29, 1.82) is 0 Å². The molecule has 0 aromatic rings. The summed E-state index contributed by atoms with van der Waals surface area (Å²) in [6.45, 7) is 13.1. The van der Waals surface area contributed by atoms with Crippen LogP contribution in [0.2, 0.25) is 0 Å². The Balaban J connectivity index is 1.97. The van der Waals surface area contributed by atoms with Crippen molar-refractivity contribution < 1.29 is 9.47 Å². The second kappa shape index (κ2) is 23.5. The zero-order valence-corrected chi connectivity index (χ0v) is 25.0. The fraction of sp³-hybridized carbons (Fsp3) is 0.879. The number of hydrogen-bond acceptors (Lipinski definition) is 3. The number of hydrogen-bond donors (Lipinski definition) is 0. The molecule has 0 saturated carbocycles. The summed E-state index contributed by atoms with van der Waals surface area (Å²) in [6, 6.07) is 0. The van der Waals surface area contributed by atoms with Gasteiger partial charge in [0.1, 0.15) is 0 Å². The molecular weight excluding hydrogens is 442 g/mol. The van der Waals surface area contributed by atoms with Crippen molar-refractivity contribution in [1.82, 2.24) is 4.90 Å². The number of likely N-dealkylation sites (N-methyl/N-ethyl adjacent to an activating group) is 1. The standard InChI is InChI=1S/C33H63NO2/c1-6-7-8-9-10-11-12-13-14-15-16-17-18-19-20-21-26-35-32-28-34(5)29-33(32)36-27-25-31(4)24-22-23-30(2)3/h10-11,13-14,30-33H,6-9,12,15-29H2,1-5H3/b11-10-,14-13-. The summed E-state index contributed by atoms with van der Waals surface area (Å²) in [7, 11) is 2.19. The van der Waals surface area contributed by atoms with Crippen LogP contribution >= 0.6 is 0 Å². The van der Waals surface area contributed by atoms with Crippen molar-refractivity contribution in [3.8, 4) is 0 Å². The molecule has 0 spiro atoms. The number of rotatable bonds is 24. The lowest BCUT2D eigenvalue weighted by Gasteiger charge is -2.21. The average molecular weight is 506 g/mol. The molecule has 212 valence electrons. The third-order valence-corrected chi connectivity index (χ3v) is 7.50. The predicted octanol–water partition coefficient (Wildman–Crippen LogP) is 9.37. The molecule has 0 bridgehead atoms. The van der Waals surface area contributed by atoms with Crippen LogP contribution in [0.4, 0.5) is 0 Å². The smallest absolute Gasteiger partial charge is 0.0975 e. The highest BCUT2D eigenvalue weighted by Gasteiger charge is 2.32. The van der Waals surface area contributed by atoms with Crippen LogP contribution in [0.25, 0.3) is 0 Å².